The van der Waals surface area contributed by atoms with Crippen LogP contribution < -0.4 is 11.1 Å². The molecule has 2 heterocycles. The van der Waals surface area contributed by atoms with E-state index in [-0.39, 0.29) is 16.5 Å². The third-order valence-electron chi connectivity index (χ3n) is 3.71. The number of nitrogens with two attached hydrogens (primary N) is 1. The Labute approximate surface area is 153 Å². The second-order valence-electron chi connectivity index (χ2n) is 5.58. The van der Waals surface area contributed by atoms with Crippen molar-refractivity contribution in [3.8, 4) is 11.3 Å². The molecule has 0 saturated carbocycles. The summed E-state index contributed by atoms with van der Waals surface area (Å²) in [5, 5.41) is 10.1. The monoisotopic (exact) mass is 372 g/mol. The van der Waals surface area contributed by atoms with Gasteiger partial charge in [-0.2, -0.15) is 0 Å². The Bertz CT molecular complexity index is 1080. The Hall–Kier alpha value is -3.19. The zero-order valence-electron chi connectivity index (χ0n) is 13.6. The van der Waals surface area contributed by atoms with Crippen LogP contribution in [0.25, 0.3) is 11.3 Å². The second kappa shape index (κ2) is 6.97. The Kier molecular flexibility index (Phi) is 4.73. The number of carbonyl (C=O) groups excluding carboxylic acids is 1. The summed E-state index contributed by atoms with van der Waals surface area (Å²) in [5.74, 6) is -1.20. The Morgan fingerprint density at radius 1 is 1.35 bits per heavy atom. The number of primary amides is 1. The maximum atomic E-state index is 14.1. The number of benzene rings is 1. The smallest absolute Gasteiger partial charge is 0.252 e. The van der Waals surface area contributed by atoms with Crippen molar-refractivity contribution >= 4 is 23.2 Å². The van der Waals surface area contributed by atoms with E-state index in [9.17, 15) is 14.4 Å². The molecule has 0 bridgehead atoms. The third-order valence-corrected chi connectivity index (χ3v) is 3.94. The SMILES string of the molecule is Cc1cnc(-c2cc(Cl)ccc2F)cc1N=c1ccn(O)cc1C(N)=O. The van der Waals surface area contributed by atoms with Crippen LogP contribution in [0.4, 0.5) is 10.1 Å². The molecule has 6 nitrogen and oxygen atoms in total. The Morgan fingerprint density at radius 3 is 2.85 bits per heavy atom. The van der Waals surface area contributed by atoms with Crippen molar-refractivity contribution in [1.82, 2.24) is 9.71 Å². The number of hydrogen-bond acceptors (Lipinski definition) is 4. The molecule has 0 aliphatic rings. The molecule has 1 amide bonds. The maximum Gasteiger partial charge on any atom is 0.252 e. The van der Waals surface area contributed by atoms with Gasteiger partial charge in [-0.1, -0.05) is 11.6 Å². The lowest BCUT2D eigenvalue weighted by atomic mass is 10.1. The van der Waals surface area contributed by atoms with Gasteiger partial charge in [0.1, 0.15) is 5.82 Å². The van der Waals surface area contributed by atoms with E-state index in [1.54, 1.807) is 19.2 Å². The van der Waals surface area contributed by atoms with E-state index in [0.717, 1.165) is 6.20 Å². The molecule has 8 heteroatoms. The number of halogens is 2. The average molecular weight is 373 g/mol. The first-order valence-corrected chi connectivity index (χ1v) is 7.91. The first-order chi connectivity index (χ1) is 12.3. The van der Waals surface area contributed by atoms with Gasteiger partial charge in [-0.05, 0) is 42.8 Å². The van der Waals surface area contributed by atoms with Gasteiger partial charge in [0.25, 0.3) is 5.91 Å². The van der Waals surface area contributed by atoms with E-state index in [1.807, 2.05) is 0 Å². The molecule has 26 heavy (non-hydrogen) atoms. The van der Waals surface area contributed by atoms with Crippen LogP contribution in [0.1, 0.15) is 15.9 Å². The average Bonchev–Trinajstić information content (AvgIpc) is 2.60. The topological polar surface area (TPSA) is 93.5 Å². The molecule has 1 aromatic carbocycles. The number of nitrogens with zero attached hydrogens (tertiary/aromatic N) is 3. The summed E-state index contributed by atoms with van der Waals surface area (Å²) in [6.45, 7) is 1.78. The molecule has 3 aromatic rings. The predicted octanol–water partition coefficient (Wildman–Crippen LogP) is 3.22. The minimum atomic E-state index is -0.736. The van der Waals surface area contributed by atoms with Crippen molar-refractivity contribution in [2.24, 2.45) is 10.7 Å². The van der Waals surface area contributed by atoms with Crippen LogP contribution in [0.5, 0.6) is 0 Å². The predicted molar refractivity (Wildman–Crippen MR) is 94.7 cm³/mol. The zero-order valence-corrected chi connectivity index (χ0v) is 14.4. The molecular formula is C18H14ClFN4O2. The highest BCUT2D eigenvalue weighted by Crippen LogP contribution is 2.28. The van der Waals surface area contributed by atoms with Gasteiger partial charge in [0.15, 0.2) is 0 Å². The lowest BCUT2D eigenvalue weighted by Gasteiger charge is -2.07. The van der Waals surface area contributed by atoms with E-state index in [0.29, 0.717) is 26.7 Å². The molecule has 0 spiro atoms. The van der Waals surface area contributed by atoms with Crippen LogP contribution in [0.15, 0.2) is 53.9 Å². The van der Waals surface area contributed by atoms with E-state index < -0.39 is 11.7 Å². The molecule has 0 aliphatic carbocycles. The number of hydrogen-bond donors (Lipinski definition) is 2. The summed E-state index contributed by atoms with van der Waals surface area (Å²) < 4.78 is 14.8. The van der Waals surface area contributed by atoms with Gasteiger partial charge < -0.3 is 10.9 Å². The fourth-order valence-electron chi connectivity index (χ4n) is 2.37. The molecule has 0 atom stereocenters. The van der Waals surface area contributed by atoms with Crippen LogP contribution in [-0.4, -0.2) is 20.8 Å². The Balaban J connectivity index is 2.19. The van der Waals surface area contributed by atoms with Gasteiger partial charge in [-0.3, -0.25) is 9.78 Å². The highest BCUT2D eigenvalue weighted by Gasteiger charge is 2.11. The number of rotatable bonds is 3. The number of aromatic nitrogens is 2. The first-order valence-electron chi connectivity index (χ1n) is 7.53. The van der Waals surface area contributed by atoms with E-state index in [1.165, 1.54) is 30.5 Å². The van der Waals surface area contributed by atoms with Crippen LogP contribution >= 0.6 is 11.6 Å². The van der Waals surface area contributed by atoms with Gasteiger partial charge >= 0.3 is 0 Å². The molecule has 2 aromatic heterocycles. The van der Waals surface area contributed by atoms with Gasteiger partial charge in [-0.15, -0.1) is 0 Å². The molecule has 3 N–H and O–H groups in total. The number of pyridine rings is 2. The summed E-state index contributed by atoms with van der Waals surface area (Å²) >= 11 is 5.94. The lowest BCUT2D eigenvalue weighted by molar-refractivity contribution is 0.0993. The van der Waals surface area contributed by atoms with Crippen molar-refractivity contribution in [3.63, 3.8) is 0 Å². The molecule has 3 rings (SSSR count). The van der Waals surface area contributed by atoms with E-state index >= 15 is 0 Å². The number of amides is 1. The molecule has 132 valence electrons. The fraction of sp³-hybridized carbons (Fsp3) is 0.0556. The van der Waals surface area contributed by atoms with Crippen molar-refractivity contribution < 1.29 is 14.4 Å². The summed E-state index contributed by atoms with van der Waals surface area (Å²) in [7, 11) is 0. The van der Waals surface area contributed by atoms with Crippen LogP contribution in [0, 0.1) is 12.7 Å². The summed E-state index contributed by atoms with van der Waals surface area (Å²) in [4.78, 5) is 20.2. The number of carbonyl (C=O) groups is 1. The highest BCUT2D eigenvalue weighted by molar-refractivity contribution is 6.30. The third kappa shape index (κ3) is 3.57. The minimum absolute atomic E-state index is 0.0432. The molecule has 0 fully saturated rings. The zero-order chi connectivity index (χ0) is 18.8. The van der Waals surface area contributed by atoms with E-state index in [2.05, 4.69) is 9.98 Å². The highest BCUT2D eigenvalue weighted by atomic mass is 35.5. The van der Waals surface area contributed by atoms with Crippen LogP contribution in [0.2, 0.25) is 5.02 Å². The molecule has 0 radical (unpaired) electrons. The quantitative estimate of drug-likeness (QED) is 0.691. The molecular weight excluding hydrogens is 359 g/mol. The van der Waals surface area contributed by atoms with Crippen molar-refractivity contribution in [3.05, 3.63) is 76.2 Å². The summed E-state index contributed by atoms with van der Waals surface area (Å²) in [6, 6.07) is 7.23. The van der Waals surface area contributed by atoms with Crippen LogP contribution in [-0.2, 0) is 0 Å². The van der Waals surface area contributed by atoms with Gasteiger partial charge in [0, 0.05) is 23.0 Å². The largest absolute Gasteiger partial charge is 0.429 e. The van der Waals surface area contributed by atoms with Gasteiger partial charge in [0.05, 0.1) is 28.5 Å². The van der Waals surface area contributed by atoms with Crippen molar-refractivity contribution in [1.29, 1.82) is 0 Å². The van der Waals surface area contributed by atoms with Crippen molar-refractivity contribution in [2.75, 3.05) is 0 Å². The Morgan fingerprint density at radius 2 is 2.12 bits per heavy atom. The van der Waals surface area contributed by atoms with Gasteiger partial charge in [-0.25, -0.2) is 14.1 Å². The molecule has 0 aliphatic heterocycles. The van der Waals surface area contributed by atoms with Gasteiger partial charge in [0.2, 0.25) is 0 Å². The second-order valence-corrected chi connectivity index (χ2v) is 6.02. The minimum Gasteiger partial charge on any atom is -0.429 e. The van der Waals surface area contributed by atoms with Crippen LogP contribution in [0.3, 0.4) is 0 Å². The first kappa shape index (κ1) is 17.6. The van der Waals surface area contributed by atoms with E-state index in [4.69, 9.17) is 17.3 Å². The maximum absolute atomic E-state index is 14.1. The fourth-order valence-corrected chi connectivity index (χ4v) is 2.54. The number of aryl methyl sites for hydroxylation is 1. The van der Waals surface area contributed by atoms with Crippen molar-refractivity contribution in [2.45, 2.75) is 6.92 Å². The summed E-state index contributed by atoms with van der Waals surface area (Å²) in [5.41, 5.74) is 7.16. The summed E-state index contributed by atoms with van der Waals surface area (Å²) in [6.07, 6.45) is 4.03. The molecule has 0 unspecified atom stereocenters. The normalized spacial score (nSPS) is 11.6. The molecule has 0 saturated heterocycles. The lowest BCUT2D eigenvalue weighted by Crippen LogP contribution is -2.23. The standard InChI is InChI=1S/C18H14ClFN4O2/c1-10-8-22-17(12-6-11(19)2-3-14(12)20)7-16(10)23-15-4-5-24(26)9-13(15)18(21)25/h2-9,26H,1H3,(H2,21,25).